The van der Waals surface area contributed by atoms with Gasteiger partial charge in [-0.1, -0.05) is 74.0 Å². The highest BCUT2D eigenvalue weighted by atomic mass is 35.5. The lowest BCUT2D eigenvalue weighted by Crippen LogP contribution is -2.34. The topological polar surface area (TPSA) is 66.8 Å². The summed E-state index contributed by atoms with van der Waals surface area (Å²) in [6, 6.07) is 22.0. The molecule has 3 aromatic rings. The standard InChI is InChI=1S/C26H26ClNO4/c1-18(2)21-10-13-24(23(14-21)26(30)31)32-17-25(29)28(15-19-6-4-3-5-7-19)16-20-8-11-22(27)12-9-20/h3-14,18H,15-17H2,1-2H3,(H,30,31). The minimum absolute atomic E-state index is 0.0521. The molecule has 3 rings (SSSR count). The molecule has 1 N–H and O–H groups in total. The lowest BCUT2D eigenvalue weighted by molar-refractivity contribution is -0.134. The Bertz CT molecular complexity index is 1060. The first-order valence-electron chi connectivity index (χ1n) is 10.4. The number of amides is 1. The molecule has 0 aliphatic heterocycles. The third-order valence-corrected chi connectivity index (χ3v) is 5.36. The molecule has 0 aromatic heterocycles. The first-order valence-corrected chi connectivity index (χ1v) is 10.8. The van der Waals surface area contributed by atoms with Crippen LogP contribution in [0.2, 0.25) is 5.02 Å². The first-order chi connectivity index (χ1) is 15.3. The highest BCUT2D eigenvalue weighted by molar-refractivity contribution is 6.30. The van der Waals surface area contributed by atoms with Crippen molar-refractivity contribution in [3.05, 3.63) is 100 Å². The van der Waals surface area contributed by atoms with E-state index in [-0.39, 0.29) is 29.7 Å². The van der Waals surface area contributed by atoms with Crippen LogP contribution in [0.25, 0.3) is 0 Å². The lowest BCUT2D eigenvalue weighted by atomic mass is 10.0. The molecule has 0 heterocycles. The second kappa shape index (κ2) is 10.8. The number of hydrogen-bond acceptors (Lipinski definition) is 3. The Kier molecular flexibility index (Phi) is 7.90. The summed E-state index contributed by atoms with van der Waals surface area (Å²) in [6.45, 7) is 4.50. The molecule has 0 saturated carbocycles. The molecule has 5 nitrogen and oxygen atoms in total. The number of halogens is 1. The second-order valence-corrected chi connectivity index (χ2v) is 8.30. The van der Waals surface area contributed by atoms with E-state index in [1.807, 2.05) is 62.4 Å². The van der Waals surface area contributed by atoms with Crippen LogP contribution in [-0.4, -0.2) is 28.5 Å². The zero-order valence-electron chi connectivity index (χ0n) is 18.1. The van der Waals surface area contributed by atoms with Crippen molar-refractivity contribution in [3.63, 3.8) is 0 Å². The fraction of sp³-hybridized carbons (Fsp3) is 0.231. The highest BCUT2D eigenvalue weighted by Crippen LogP contribution is 2.25. The largest absolute Gasteiger partial charge is 0.483 e. The molecule has 0 aliphatic rings. The molecule has 3 aromatic carbocycles. The van der Waals surface area contributed by atoms with Crippen molar-refractivity contribution < 1.29 is 19.4 Å². The molecule has 6 heteroatoms. The van der Waals surface area contributed by atoms with E-state index >= 15 is 0 Å². The van der Waals surface area contributed by atoms with Crippen LogP contribution in [-0.2, 0) is 17.9 Å². The van der Waals surface area contributed by atoms with E-state index in [2.05, 4.69) is 0 Å². The van der Waals surface area contributed by atoms with Crippen LogP contribution in [0.5, 0.6) is 5.75 Å². The number of carboxylic acid groups (broad SMARTS) is 1. The molecule has 0 radical (unpaired) electrons. The van der Waals surface area contributed by atoms with Gasteiger partial charge in [0.2, 0.25) is 0 Å². The van der Waals surface area contributed by atoms with Crippen LogP contribution < -0.4 is 4.74 Å². The fourth-order valence-electron chi connectivity index (χ4n) is 3.28. The van der Waals surface area contributed by atoms with Crippen molar-refractivity contribution >= 4 is 23.5 Å². The summed E-state index contributed by atoms with van der Waals surface area (Å²) in [5, 5.41) is 10.2. The van der Waals surface area contributed by atoms with Crippen LogP contribution in [0.3, 0.4) is 0 Å². The number of ether oxygens (including phenoxy) is 1. The number of carbonyl (C=O) groups is 2. The van der Waals surface area contributed by atoms with E-state index < -0.39 is 5.97 Å². The fourth-order valence-corrected chi connectivity index (χ4v) is 3.40. The molecule has 166 valence electrons. The zero-order chi connectivity index (χ0) is 23.1. The van der Waals surface area contributed by atoms with Gasteiger partial charge in [0, 0.05) is 18.1 Å². The summed E-state index contributed by atoms with van der Waals surface area (Å²) in [4.78, 5) is 26.5. The molecule has 0 saturated heterocycles. The summed E-state index contributed by atoms with van der Waals surface area (Å²) in [7, 11) is 0. The van der Waals surface area contributed by atoms with Gasteiger partial charge in [0.15, 0.2) is 6.61 Å². The third kappa shape index (κ3) is 6.34. The molecule has 0 aliphatic carbocycles. The Morgan fingerprint density at radius 2 is 1.56 bits per heavy atom. The monoisotopic (exact) mass is 451 g/mol. The van der Waals surface area contributed by atoms with Crippen molar-refractivity contribution in [2.75, 3.05) is 6.61 Å². The maximum atomic E-state index is 13.1. The number of carbonyl (C=O) groups excluding carboxylic acids is 1. The Morgan fingerprint density at radius 3 is 2.16 bits per heavy atom. The summed E-state index contributed by atoms with van der Waals surface area (Å²) in [5.41, 5.74) is 2.87. The van der Waals surface area contributed by atoms with E-state index in [1.165, 1.54) is 0 Å². The third-order valence-electron chi connectivity index (χ3n) is 5.11. The van der Waals surface area contributed by atoms with Crippen molar-refractivity contribution in [2.24, 2.45) is 0 Å². The zero-order valence-corrected chi connectivity index (χ0v) is 18.9. The maximum absolute atomic E-state index is 13.1. The Balaban J connectivity index is 1.77. The van der Waals surface area contributed by atoms with Crippen molar-refractivity contribution in [1.82, 2.24) is 4.90 Å². The smallest absolute Gasteiger partial charge is 0.339 e. The Hall–Kier alpha value is -3.31. The van der Waals surface area contributed by atoms with E-state index in [1.54, 1.807) is 29.2 Å². The molecule has 0 bridgehead atoms. The number of carboxylic acids is 1. The van der Waals surface area contributed by atoms with Gasteiger partial charge in [0.1, 0.15) is 11.3 Å². The van der Waals surface area contributed by atoms with Gasteiger partial charge in [0.25, 0.3) is 5.91 Å². The van der Waals surface area contributed by atoms with Gasteiger partial charge in [-0.15, -0.1) is 0 Å². The van der Waals surface area contributed by atoms with Crippen LogP contribution in [0.1, 0.15) is 46.8 Å². The quantitative estimate of drug-likeness (QED) is 0.448. The number of aromatic carboxylic acids is 1. The Morgan fingerprint density at radius 1 is 0.938 bits per heavy atom. The summed E-state index contributed by atoms with van der Waals surface area (Å²) in [6.07, 6.45) is 0. The summed E-state index contributed by atoms with van der Waals surface area (Å²) < 4.78 is 5.68. The molecule has 0 unspecified atom stereocenters. The molecule has 0 spiro atoms. The van der Waals surface area contributed by atoms with Crippen LogP contribution in [0.15, 0.2) is 72.8 Å². The normalized spacial score (nSPS) is 10.8. The molecular formula is C26H26ClNO4. The van der Waals surface area contributed by atoms with E-state index in [0.717, 1.165) is 16.7 Å². The number of rotatable bonds is 9. The SMILES string of the molecule is CC(C)c1ccc(OCC(=O)N(Cc2ccccc2)Cc2ccc(Cl)cc2)c(C(=O)O)c1. The van der Waals surface area contributed by atoms with Gasteiger partial charge in [-0.2, -0.15) is 0 Å². The average Bonchev–Trinajstić information content (AvgIpc) is 2.79. The van der Waals surface area contributed by atoms with Crippen LogP contribution in [0.4, 0.5) is 0 Å². The molecular weight excluding hydrogens is 426 g/mol. The van der Waals surface area contributed by atoms with Gasteiger partial charge in [-0.3, -0.25) is 4.79 Å². The van der Waals surface area contributed by atoms with Gasteiger partial charge >= 0.3 is 5.97 Å². The summed E-state index contributed by atoms with van der Waals surface area (Å²) in [5.74, 6) is -0.962. The molecule has 1 amide bonds. The van der Waals surface area contributed by atoms with E-state index in [4.69, 9.17) is 16.3 Å². The van der Waals surface area contributed by atoms with Crippen molar-refractivity contribution in [1.29, 1.82) is 0 Å². The predicted octanol–water partition coefficient (Wildman–Crippen LogP) is 5.77. The highest BCUT2D eigenvalue weighted by Gasteiger charge is 2.19. The lowest BCUT2D eigenvalue weighted by Gasteiger charge is -2.23. The van der Waals surface area contributed by atoms with Crippen LogP contribution >= 0.6 is 11.6 Å². The Labute approximate surface area is 193 Å². The number of nitrogens with zero attached hydrogens (tertiary/aromatic N) is 1. The van der Waals surface area contributed by atoms with Crippen molar-refractivity contribution in [2.45, 2.75) is 32.9 Å². The summed E-state index contributed by atoms with van der Waals surface area (Å²) >= 11 is 5.98. The second-order valence-electron chi connectivity index (χ2n) is 7.87. The molecule has 0 atom stereocenters. The van der Waals surface area contributed by atoms with Gasteiger partial charge in [-0.25, -0.2) is 4.79 Å². The molecule has 0 fully saturated rings. The minimum atomic E-state index is -1.09. The minimum Gasteiger partial charge on any atom is -0.483 e. The predicted molar refractivity (Wildman–Crippen MR) is 125 cm³/mol. The van der Waals surface area contributed by atoms with E-state index in [9.17, 15) is 14.7 Å². The maximum Gasteiger partial charge on any atom is 0.339 e. The average molecular weight is 452 g/mol. The molecule has 32 heavy (non-hydrogen) atoms. The van der Waals surface area contributed by atoms with Crippen LogP contribution in [0, 0.1) is 0 Å². The van der Waals surface area contributed by atoms with E-state index in [0.29, 0.717) is 18.1 Å². The van der Waals surface area contributed by atoms with Crippen molar-refractivity contribution in [3.8, 4) is 5.75 Å². The number of benzene rings is 3. The number of hydrogen-bond donors (Lipinski definition) is 1. The van der Waals surface area contributed by atoms with Gasteiger partial charge in [-0.05, 0) is 46.9 Å². The van der Waals surface area contributed by atoms with Gasteiger partial charge in [0.05, 0.1) is 0 Å². The van der Waals surface area contributed by atoms with Gasteiger partial charge < -0.3 is 14.7 Å². The first kappa shape index (κ1) is 23.4.